The topological polar surface area (TPSA) is 50.7 Å². The molecule has 1 fully saturated rings. The van der Waals surface area contributed by atoms with Crippen molar-refractivity contribution in [2.45, 2.75) is 59.3 Å². The van der Waals surface area contributed by atoms with E-state index < -0.39 is 0 Å². The molecule has 1 heterocycles. The molecule has 0 amide bonds. The zero-order chi connectivity index (χ0) is 13.7. The molecule has 0 saturated heterocycles. The average molecular weight is 262 g/mol. The molecule has 4 nitrogen and oxygen atoms in total. The van der Waals surface area contributed by atoms with Crippen molar-refractivity contribution >= 4 is 5.95 Å². The first-order valence-electron chi connectivity index (χ1n) is 7.69. The number of nitrogens with zero attached hydrogens (tertiary/aromatic N) is 3. The Balaban J connectivity index is 1.89. The van der Waals surface area contributed by atoms with Crippen molar-refractivity contribution in [3.05, 3.63) is 11.4 Å². The van der Waals surface area contributed by atoms with Gasteiger partial charge in [0, 0.05) is 6.54 Å². The van der Waals surface area contributed by atoms with Crippen LogP contribution in [0.2, 0.25) is 0 Å². The molecule has 1 aliphatic rings. The molecule has 1 aliphatic carbocycles. The normalized spacial score (nSPS) is 23.3. The number of hydrogen-bond acceptors (Lipinski definition) is 4. The number of aryl methyl sites for hydroxylation is 2. The molecule has 0 radical (unpaired) electrons. The van der Waals surface area contributed by atoms with E-state index in [9.17, 15) is 0 Å². The lowest BCUT2D eigenvalue weighted by atomic mass is 9.83. The van der Waals surface area contributed by atoms with Crippen LogP contribution in [0.1, 0.15) is 57.8 Å². The van der Waals surface area contributed by atoms with Gasteiger partial charge in [0.05, 0.1) is 11.4 Å². The minimum atomic E-state index is 0.702. The van der Waals surface area contributed by atoms with E-state index in [0.29, 0.717) is 5.95 Å². The quantitative estimate of drug-likeness (QED) is 0.885. The highest BCUT2D eigenvalue weighted by atomic mass is 15.2. The predicted octanol–water partition coefficient (Wildman–Crippen LogP) is 3.23. The summed E-state index contributed by atoms with van der Waals surface area (Å²) >= 11 is 0. The van der Waals surface area contributed by atoms with Gasteiger partial charge in [-0.1, -0.05) is 33.6 Å². The number of anilines is 1. The molecule has 0 atom stereocenters. The molecule has 0 bridgehead atoms. The van der Waals surface area contributed by atoms with Gasteiger partial charge in [0.25, 0.3) is 0 Å². The second kappa shape index (κ2) is 6.83. The highest BCUT2D eigenvalue weighted by molar-refractivity contribution is 5.25. The molecule has 106 valence electrons. The van der Waals surface area contributed by atoms with Gasteiger partial charge >= 0.3 is 0 Å². The third kappa shape index (κ3) is 3.88. The minimum absolute atomic E-state index is 0.702. The molecule has 4 heteroatoms. The summed E-state index contributed by atoms with van der Waals surface area (Å²) in [5, 5.41) is 11.8. The molecule has 1 N–H and O–H groups in total. The Morgan fingerprint density at radius 3 is 2.32 bits per heavy atom. The van der Waals surface area contributed by atoms with Crippen molar-refractivity contribution in [2.24, 2.45) is 11.8 Å². The zero-order valence-electron chi connectivity index (χ0n) is 12.4. The molecule has 2 rings (SSSR count). The van der Waals surface area contributed by atoms with Crippen LogP contribution in [-0.4, -0.2) is 21.7 Å². The van der Waals surface area contributed by atoms with Crippen molar-refractivity contribution in [2.75, 3.05) is 11.9 Å². The Labute approximate surface area is 116 Å². The van der Waals surface area contributed by atoms with E-state index in [1.165, 1.54) is 25.7 Å². The van der Waals surface area contributed by atoms with Crippen molar-refractivity contribution in [1.29, 1.82) is 0 Å². The SMILES string of the molecule is CCc1nnc(NCC2CCC(C)CC2)nc1CC. The van der Waals surface area contributed by atoms with Gasteiger partial charge in [-0.2, -0.15) is 5.10 Å². The Morgan fingerprint density at radius 2 is 1.68 bits per heavy atom. The largest absolute Gasteiger partial charge is 0.353 e. The summed E-state index contributed by atoms with van der Waals surface area (Å²) < 4.78 is 0. The Hall–Kier alpha value is -1.19. The van der Waals surface area contributed by atoms with Crippen LogP contribution in [-0.2, 0) is 12.8 Å². The molecule has 0 aliphatic heterocycles. The summed E-state index contributed by atoms with van der Waals surface area (Å²) in [4.78, 5) is 4.58. The molecule has 1 aromatic rings. The molecule has 19 heavy (non-hydrogen) atoms. The van der Waals surface area contributed by atoms with Crippen LogP contribution in [0.4, 0.5) is 5.95 Å². The fraction of sp³-hybridized carbons (Fsp3) is 0.800. The summed E-state index contributed by atoms with van der Waals surface area (Å²) in [6, 6.07) is 0. The number of nitrogens with one attached hydrogen (secondary N) is 1. The second-order valence-electron chi connectivity index (χ2n) is 5.74. The van der Waals surface area contributed by atoms with Crippen molar-refractivity contribution < 1.29 is 0 Å². The maximum atomic E-state index is 4.58. The first-order chi connectivity index (χ1) is 9.22. The standard InChI is InChI=1S/C15H26N4/c1-4-13-14(5-2)18-19-15(17-13)16-10-12-8-6-11(3)7-9-12/h11-12H,4-10H2,1-3H3,(H,16,17,19). The van der Waals surface area contributed by atoms with E-state index in [1.54, 1.807) is 0 Å². The van der Waals surface area contributed by atoms with Crippen LogP contribution < -0.4 is 5.32 Å². The van der Waals surface area contributed by atoms with Crippen LogP contribution in [0.25, 0.3) is 0 Å². The Kier molecular flexibility index (Phi) is 5.11. The molecule has 0 aromatic carbocycles. The van der Waals surface area contributed by atoms with Crippen molar-refractivity contribution in [3.8, 4) is 0 Å². The van der Waals surface area contributed by atoms with Crippen molar-refractivity contribution in [1.82, 2.24) is 15.2 Å². The zero-order valence-corrected chi connectivity index (χ0v) is 12.4. The van der Waals surface area contributed by atoms with Gasteiger partial charge in [0.1, 0.15) is 0 Å². The van der Waals surface area contributed by atoms with Gasteiger partial charge < -0.3 is 5.32 Å². The van der Waals surface area contributed by atoms with Crippen LogP contribution in [0.5, 0.6) is 0 Å². The first-order valence-corrected chi connectivity index (χ1v) is 7.69. The molecule has 1 saturated carbocycles. The Morgan fingerprint density at radius 1 is 1.00 bits per heavy atom. The fourth-order valence-electron chi connectivity index (χ4n) is 2.78. The maximum absolute atomic E-state index is 4.58. The maximum Gasteiger partial charge on any atom is 0.242 e. The number of aromatic nitrogens is 3. The second-order valence-corrected chi connectivity index (χ2v) is 5.74. The lowest BCUT2D eigenvalue weighted by molar-refractivity contribution is 0.300. The number of hydrogen-bond donors (Lipinski definition) is 1. The lowest BCUT2D eigenvalue weighted by Gasteiger charge is -2.26. The third-order valence-corrected chi connectivity index (χ3v) is 4.19. The number of rotatable bonds is 5. The smallest absolute Gasteiger partial charge is 0.242 e. The molecule has 0 spiro atoms. The van der Waals surface area contributed by atoms with Gasteiger partial charge in [0.15, 0.2) is 0 Å². The molecular formula is C15H26N4. The van der Waals surface area contributed by atoms with Crippen LogP contribution >= 0.6 is 0 Å². The van der Waals surface area contributed by atoms with E-state index in [-0.39, 0.29) is 0 Å². The minimum Gasteiger partial charge on any atom is -0.353 e. The summed E-state index contributed by atoms with van der Waals surface area (Å²) in [5.74, 6) is 2.38. The monoisotopic (exact) mass is 262 g/mol. The van der Waals surface area contributed by atoms with Gasteiger partial charge in [-0.25, -0.2) is 4.98 Å². The van der Waals surface area contributed by atoms with E-state index in [2.05, 4.69) is 41.3 Å². The van der Waals surface area contributed by atoms with Gasteiger partial charge in [-0.15, -0.1) is 5.10 Å². The van der Waals surface area contributed by atoms with E-state index >= 15 is 0 Å². The molecule has 0 unspecified atom stereocenters. The molecule has 1 aromatic heterocycles. The highest BCUT2D eigenvalue weighted by Gasteiger charge is 2.18. The summed E-state index contributed by atoms with van der Waals surface area (Å²) in [5.41, 5.74) is 2.11. The third-order valence-electron chi connectivity index (χ3n) is 4.19. The van der Waals surface area contributed by atoms with Crippen LogP contribution in [0.15, 0.2) is 0 Å². The van der Waals surface area contributed by atoms with Crippen LogP contribution in [0, 0.1) is 11.8 Å². The van der Waals surface area contributed by atoms with Crippen molar-refractivity contribution in [3.63, 3.8) is 0 Å². The summed E-state index contributed by atoms with van der Waals surface area (Å²) in [6.45, 7) is 7.56. The highest BCUT2D eigenvalue weighted by Crippen LogP contribution is 2.28. The van der Waals surface area contributed by atoms with Gasteiger partial charge in [0.2, 0.25) is 5.95 Å². The van der Waals surface area contributed by atoms with Gasteiger partial charge in [-0.3, -0.25) is 0 Å². The van der Waals surface area contributed by atoms with Gasteiger partial charge in [-0.05, 0) is 37.5 Å². The van der Waals surface area contributed by atoms with E-state index in [1.807, 2.05) is 0 Å². The summed E-state index contributed by atoms with van der Waals surface area (Å²) in [7, 11) is 0. The summed E-state index contributed by atoms with van der Waals surface area (Å²) in [6.07, 6.45) is 7.21. The Bertz CT molecular complexity index is 397. The van der Waals surface area contributed by atoms with E-state index in [4.69, 9.17) is 0 Å². The van der Waals surface area contributed by atoms with E-state index in [0.717, 1.165) is 42.6 Å². The molecular weight excluding hydrogens is 236 g/mol. The average Bonchev–Trinajstić information content (AvgIpc) is 2.46. The first kappa shape index (κ1) is 14.2. The van der Waals surface area contributed by atoms with Crippen LogP contribution in [0.3, 0.4) is 0 Å². The predicted molar refractivity (Wildman–Crippen MR) is 78.2 cm³/mol. The fourth-order valence-corrected chi connectivity index (χ4v) is 2.78. The lowest BCUT2D eigenvalue weighted by Crippen LogP contribution is -2.21.